The Bertz CT molecular complexity index is 254. The van der Waals surface area contributed by atoms with Crippen LogP contribution in [0.15, 0.2) is 12.2 Å². The molecule has 0 aliphatic rings. The van der Waals surface area contributed by atoms with E-state index < -0.39 is 11.7 Å². The maximum atomic E-state index is 11.6. The lowest BCUT2D eigenvalue weighted by Crippen LogP contribution is -2.43. The van der Waals surface area contributed by atoms with Crippen LogP contribution in [0.3, 0.4) is 0 Å². The van der Waals surface area contributed by atoms with Crippen LogP contribution in [-0.2, 0) is 4.74 Å². The second kappa shape index (κ2) is 5.89. The van der Waals surface area contributed by atoms with Crippen LogP contribution in [0.4, 0.5) is 4.79 Å². The highest BCUT2D eigenvalue weighted by Crippen LogP contribution is 2.12. The Morgan fingerprint density at radius 3 is 2.25 bits per heavy atom. The Kier molecular flexibility index (Phi) is 5.51. The number of carbonyl (C=O) groups is 1. The van der Waals surface area contributed by atoms with E-state index in [4.69, 9.17) is 10.5 Å². The van der Waals surface area contributed by atoms with Crippen LogP contribution in [-0.4, -0.2) is 24.3 Å². The van der Waals surface area contributed by atoms with Gasteiger partial charge in [0.1, 0.15) is 5.60 Å². The number of ether oxygens (including phenoxy) is 1. The van der Waals surface area contributed by atoms with Gasteiger partial charge in [-0.2, -0.15) is 0 Å². The monoisotopic (exact) mass is 228 g/mol. The Labute approximate surface area is 98.2 Å². The van der Waals surface area contributed by atoms with Crippen molar-refractivity contribution in [2.75, 3.05) is 6.54 Å². The molecule has 0 heterocycles. The maximum Gasteiger partial charge on any atom is 0.408 e. The molecule has 94 valence electrons. The summed E-state index contributed by atoms with van der Waals surface area (Å²) < 4.78 is 5.18. The van der Waals surface area contributed by atoms with Gasteiger partial charge in [0.05, 0.1) is 6.04 Å². The molecule has 0 aliphatic carbocycles. The summed E-state index contributed by atoms with van der Waals surface area (Å²) in [6.45, 7) is 13.7. The highest BCUT2D eigenvalue weighted by Gasteiger charge is 2.22. The fraction of sp³-hybridized carbons (Fsp3) is 0.750. The quantitative estimate of drug-likeness (QED) is 0.724. The van der Waals surface area contributed by atoms with Gasteiger partial charge in [-0.15, -0.1) is 0 Å². The van der Waals surface area contributed by atoms with Crippen molar-refractivity contribution in [2.24, 2.45) is 11.7 Å². The summed E-state index contributed by atoms with van der Waals surface area (Å²) in [4.78, 5) is 11.6. The van der Waals surface area contributed by atoms with Crippen LogP contribution in [0.1, 0.15) is 34.6 Å². The van der Waals surface area contributed by atoms with E-state index in [1.807, 2.05) is 34.6 Å². The molecule has 0 spiro atoms. The van der Waals surface area contributed by atoms with Gasteiger partial charge in [-0.05, 0) is 32.3 Å². The molecule has 0 rings (SSSR count). The SMILES string of the molecule is C=C(CN)C(NC(=O)OC(C)(C)C)C(C)C. The van der Waals surface area contributed by atoms with Crippen molar-refractivity contribution < 1.29 is 9.53 Å². The summed E-state index contributed by atoms with van der Waals surface area (Å²) >= 11 is 0. The molecule has 0 aromatic heterocycles. The van der Waals surface area contributed by atoms with Crippen LogP contribution < -0.4 is 11.1 Å². The summed E-state index contributed by atoms with van der Waals surface area (Å²) in [5.41, 5.74) is 5.84. The number of nitrogens with one attached hydrogen (secondary N) is 1. The lowest BCUT2D eigenvalue weighted by molar-refractivity contribution is 0.0500. The number of amides is 1. The number of hydrogen-bond donors (Lipinski definition) is 2. The lowest BCUT2D eigenvalue weighted by atomic mass is 9.97. The summed E-state index contributed by atoms with van der Waals surface area (Å²) in [6, 6.07) is -0.139. The molecule has 0 aliphatic heterocycles. The molecule has 0 aromatic carbocycles. The fourth-order valence-electron chi connectivity index (χ4n) is 1.30. The van der Waals surface area contributed by atoms with Crippen LogP contribution in [0.5, 0.6) is 0 Å². The average molecular weight is 228 g/mol. The third-order valence-corrected chi connectivity index (χ3v) is 2.04. The molecular formula is C12H24N2O2. The van der Waals surface area contributed by atoms with E-state index in [-0.39, 0.29) is 12.0 Å². The van der Waals surface area contributed by atoms with Gasteiger partial charge in [-0.3, -0.25) is 0 Å². The van der Waals surface area contributed by atoms with Crippen molar-refractivity contribution in [1.82, 2.24) is 5.32 Å². The Hall–Kier alpha value is -1.03. The first kappa shape index (κ1) is 15.0. The Morgan fingerprint density at radius 1 is 1.44 bits per heavy atom. The second-order valence-electron chi connectivity index (χ2n) is 5.23. The van der Waals surface area contributed by atoms with E-state index in [1.54, 1.807) is 0 Å². The summed E-state index contributed by atoms with van der Waals surface area (Å²) in [6.07, 6.45) is -0.430. The van der Waals surface area contributed by atoms with E-state index >= 15 is 0 Å². The second-order valence-corrected chi connectivity index (χ2v) is 5.23. The van der Waals surface area contributed by atoms with Crippen molar-refractivity contribution in [3.8, 4) is 0 Å². The molecule has 0 bridgehead atoms. The van der Waals surface area contributed by atoms with Crippen molar-refractivity contribution in [1.29, 1.82) is 0 Å². The molecule has 0 radical (unpaired) electrons. The zero-order chi connectivity index (χ0) is 12.9. The molecule has 1 unspecified atom stereocenters. The average Bonchev–Trinajstić information content (AvgIpc) is 2.09. The van der Waals surface area contributed by atoms with E-state index in [9.17, 15) is 4.79 Å². The zero-order valence-corrected chi connectivity index (χ0v) is 11.0. The summed E-state index contributed by atoms with van der Waals surface area (Å²) in [5, 5.41) is 2.78. The predicted octanol–water partition coefficient (Wildman–Crippen LogP) is 2.05. The van der Waals surface area contributed by atoms with Crippen LogP contribution in [0.2, 0.25) is 0 Å². The third kappa shape index (κ3) is 5.75. The van der Waals surface area contributed by atoms with Crippen LogP contribution in [0.25, 0.3) is 0 Å². The Balaban J connectivity index is 4.42. The highest BCUT2D eigenvalue weighted by molar-refractivity contribution is 5.68. The van der Waals surface area contributed by atoms with Gasteiger partial charge >= 0.3 is 6.09 Å². The number of rotatable bonds is 4. The first-order chi connectivity index (χ1) is 7.17. The minimum absolute atomic E-state index is 0.139. The first-order valence-corrected chi connectivity index (χ1v) is 5.54. The third-order valence-electron chi connectivity index (χ3n) is 2.04. The number of nitrogens with two attached hydrogens (primary N) is 1. The Morgan fingerprint density at radius 2 is 1.94 bits per heavy atom. The minimum Gasteiger partial charge on any atom is -0.444 e. The molecule has 0 fully saturated rings. The van der Waals surface area contributed by atoms with Gasteiger partial charge in [-0.25, -0.2) is 4.79 Å². The fourth-order valence-corrected chi connectivity index (χ4v) is 1.30. The highest BCUT2D eigenvalue weighted by atomic mass is 16.6. The molecule has 16 heavy (non-hydrogen) atoms. The predicted molar refractivity (Wildman–Crippen MR) is 66.2 cm³/mol. The van der Waals surface area contributed by atoms with E-state index in [1.165, 1.54) is 0 Å². The largest absolute Gasteiger partial charge is 0.444 e. The van der Waals surface area contributed by atoms with Crippen molar-refractivity contribution in [3.05, 3.63) is 12.2 Å². The molecule has 0 aromatic rings. The maximum absolute atomic E-state index is 11.6. The van der Waals surface area contributed by atoms with Gasteiger partial charge in [0.25, 0.3) is 0 Å². The molecule has 4 heteroatoms. The van der Waals surface area contributed by atoms with Gasteiger partial charge in [-0.1, -0.05) is 20.4 Å². The summed E-state index contributed by atoms with van der Waals surface area (Å²) in [7, 11) is 0. The molecule has 1 amide bonds. The van der Waals surface area contributed by atoms with Crippen molar-refractivity contribution in [2.45, 2.75) is 46.3 Å². The van der Waals surface area contributed by atoms with Gasteiger partial charge < -0.3 is 15.8 Å². The van der Waals surface area contributed by atoms with E-state index in [2.05, 4.69) is 11.9 Å². The van der Waals surface area contributed by atoms with Crippen molar-refractivity contribution >= 4 is 6.09 Å². The topological polar surface area (TPSA) is 64.3 Å². The molecule has 0 saturated carbocycles. The van der Waals surface area contributed by atoms with Gasteiger partial charge in [0.2, 0.25) is 0 Å². The van der Waals surface area contributed by atoms with Crippen LogP contribution in [0, 0.1) is 5.92 Å². The molecule has 1 atom stereocenters. The number of hydrogen-bond acceptors (Lipinski definition) is 3. The standard InChI is InChI=1S/C12H24N2O2/c1-8(2)10(9(3)7-13)14-11(15)16-12(4,5)6/h8,10H,3,7,13H2,1-2,4-6H3,(H,14,15). The molecule has 0 saturated heterocycles. The minimum atomic E-state index is -0.490. The number of carbonyl (C=O) groups excluding carboxylic acids is 1. The number of alkyl carbamates (subject to hydrolysis) is 1. The van der Waals surface area contributed by atoms with Crippen LogP contribution >= 0.6 is 0 Å². The smallest absolute Gasteiger partial charge is 0.408 e. The summed E-state index contributed by atoms with van der Waals surface area (Å²) in [5.74, 6) is 0.239. The molecular weight excluding hydrogens is 204 g/mol. The molecule has 4 nitrogen and oxygen atoms in total. The lowest BCUT2D eigenvalue weighted by Gasteiger charge is -2.26. The van der Waals surface area contributed by atoms with E-state index in [0.29, 0.717) is 6.54 Å². The first-order valence-electron chi connectivity index (χ1n) is 5.54. The molecule has 3 N–H and O–H groups in total. The van der Waals surface area contributed by atoms with Crippen molar-refractivity contribution in [3.63, 3.8) is 0 Å². The van der Waals surface area contributed by atoms with Gasteiger partial charge in [0, 0.05) is 6.54 Å². The van der Waals surface area contributed by atoms with Gasteiger partial charge in [0.15, 0.2) is 0 Å². The normalized spacial score (nSPS) is 13.4. The van der Waals surface area contributed by atoms with E-state index in [0.717, 1.165) is 5.57 Å². The zero-order valence-electron chi connectivity index (χ0n) is 11.0.